The molecule has 4 nitrogen and oxygen atoms in total. The Balaban J connectivity index is 2.21. The second kappa shape index (κ2) is 6.45. The van der Waals surface area contributed by atoms with Gasteiger partial charge in [-0.25, -0.2) is 25.9 Å². The quantitative estimate of drug-likeness (QED) is 0.791. The van der Waals surface area contributed by atoms with E-state index < -0.39 is 32.4 Å². The lowest BCUT2D eigenvalue weighted by atomic mass is 10.3. The molecule has 0 radical (unpaired) electrons. The van der Waals surface area contributed by atoms with Gasteiger partial charge in [-0.05, 0) is 18.2 Å². The van der Waals surface area contributed by atoms with Gasteiger partial charge < -0.3 is 0 Å². The van der Waals surface area contributed by atoms with Crippen molar-refractivity contribution in [3.05, 3.63) is 59.7 Å². The smallest absolute Gasteiger partial charge is 0.245 e. The van der Waals surface area contributed by atoms with E-state index in [-0.39, 0.29) is 12.6 Å². The predicted octanol–water partition coefficient (Wildman–Crippen LogP) is 2.36. The number of nitrogens with zero attached hydrogens (tertiary/aromatic N) is 2. The van der Waals surface area contributed by atoms with Crippen molar-refractivity contribution in [2.24, 2.45) is 0 Å². The topological polar surface area (TPSA) is 50.3 Å². The molecule has 0 saturated heterocycles. The van der Waals surface area contributed by atoms with Crippen LogP contribution in [0.3, 0.4) is 0 Å². The number of pyridine rings is 1. The molecule has 1 aromatic carbocycles. The lowest BCUT2D eigenvalue weighted by molar-refractivity contribution is 0.453. The molecule has 0 unspecified atom stereocenters. The zero-order chi connectivity index (χ0) is 16.3. The highest BCUT2D eigenvalue weighted by atomic mass is 32.2. The van der Waals surface area contributed by atoms with Gasteiger partial charge in [-0.2, -0.15) is 0 Å². The molecular formula is C14H13F3N2O2S. The van der Waals surface area contributed by atoms with Crippen LogP contribution < -0.4 is 0 Å². The standard InChI is InChI=1S/C14H13F3N2O2S/c1-19(7-5-10-4-2-3-6-18-10)22(20,21)14-9-12(16)11(15)8-13(14)17/h2-4,6,8-9H,5,7H2,1H3. The Bertz CT molecular complexity index is 767. The maximum atomic E-state index is 13.6. The summed E-state index contributed by atoms with van der Waals surface area (Å²) in [7, 11) is -3.02. The fraction of sp³-hybridized carbons (Fsp3) is 0.214. The molecule has 8 heteroatoms. The van der Waals surface area contributed by atoms with E-state index in [4.69, 9.17) is 0 Å². The third kappa shape index (κ3) is 3.45. The molecule has 0 aliphatic heterocycles. The molecule has 0 aliphatic carbocycles. The van der Waals surface area contributed by atoms with E-state index in [1.165, 1.54) is 7.05 Å². The fourth-order valence-corrected chi connectivity index (χ4v) is 3.03. The molecule has 2 aromatic rings. The summed E-state index contributed by atoms with van der Waals surface area (Å²) in [6.07, 6.45) is 1.88. The van der Waals surface area contributed by atoms with Gasteiger partial charge in [0.05, 0.1) is 0 Å². The predicted molar refractivity (Wildman–Crippen MR) is 74.1 cm³/mol. The average molecular weight is 330 g/mol. The molecule has 0 atom stereocenters. The van der Waals surface area contributed by atoms with Crippen LogP contribution >= 0.6 is 0 Å². The fourth-order valence-electron chi connectivity index (χ4n) is 1.81. The second-order valence-corrected chi connectivity index (χ2v) is 6.61. The number of halogens is 3. The van der Waals surface area contributed by atoms with Gasteiger partial charge in [0.15, 0.2) is 11.6 Å². The van der Waals surface area contributed by atoms with E-state index in [1.807, 2.05) is 0 Å². The molecule has 0 aliphatic rings. The summed E-state index contributed by atoms with van der Waals surface area (Å²) in [6, 6.07) is 5.76. The molecule has 0 fully saturated rings. The zero-order valence-electron chi connectivity index (χ0n) is 11.6. The Morgan fingerprint density at radius 2 is 1.77 bits per heavy atom. The van der Waals surface area contributed by atoms with Gasteiger partial charge in [0, 0.05) is 38.0 Å². The Labute approximate surface area is 126 Å². The van der Waals surface area contributed by atoms with Gasteiger partial charge in [0.25, 0.3) is 0 Å². The minimum absolute atomic E-state index is 0.0256. The number of hydrogen-bond acceptors (Lipinski definition) is 3. The molecule has 22 heavy (non-hydrogen) atoms. The van der Waals surface area contributed by atoms with Gasteiger partial charge in [-0.15, -0.1) is 0 Å². The van der Waals surface area contributed by atoms with Crippen molar-refractivity contribution in [3.8, 4) is 0 Å². The summed E-state index contributed by atoms with van der Waals surface area (Å²) < 4.78 is 65.0. The number of benzene rings is 1. The van der Waals surface area contributed by atoms with E-state index in [0.717, 1.165) is 4.31 Å². The maximum Gasteiger partial charge on any atom is 0.245 e. The molecule has 0 N–H and O–H groups in total. The lowest BCUT2D eigenvalue weighted by Crippen LogP contribution is -2.30. The van der Waals surface area contributed by atoms with E-state index in [9.17, 15) is 21.6 Å². The molecule has 118 valence electrons. The van der Waals surface area contributed by atoms with Gasteiger partial charge in [0.1, 0.15) is 10.7 Å². The van der Waals surface area contributed by atoms with E-state index in [0.29, 0.717) is 18.2 Å². The highest BCUT2D eigenvalue weighted by molar-refractivity contribution is 7.89. The minimum Gasteiger partial charge on any atom is -0.261 e. The van der Waals surface area contributed by atoms with Crippen LogP contribution in [0.25, 0.3) is 0 Å². The normalized spacial score (nSPS) is 11.9. The van der Waals surface area contributed by atoms with Gasteiger partial charge in [-0.3, -0.25) is 4.98 Å². The van der Waals surface area contributed by atoms with Crippen molar-refractivity contribution in [2.45, 2.75) is 11.3 Å². The molecular weight excluding hydrogens is 317 g/mol. The Hall–Kier alpha value is -1.93. The first-order valence-electron chi connectivity index (χ1n) is 6.33. The zero-order valence-corrected chi connectivity index (χ0v) is 12.4. The SMILES string of the molecule is CN(CCc1ccccn1)S(=O)(=O)c1cc(F)c(F)cc1F. The molecule has 0 bridgehead atoms. The third-order valence-corrected chi connectivity index (χ3v) is 4.94. The first-order chi connectivity index (χ1) is 10.3. The Morgan fingerprint density at radius 1 is 1.09 bits per heavy atom. The molecule has 0 amide bonds. The van der Waals surface area contributed by atoms with Crippen molar-refractivity contribution >= 4 is 10.0 Å². The number of aromatic nitrogens is 1. The highest BCUT2D eigenvalue weighted by Crippen LogP contribution is 2.21. The summed E-state index contributed by atoms with van der Waals surface area (Å²) in [5.41, 5.74) is 0.662. The van der Waals surface area contributed by atoms with Crippen LogP contribution in [0.1, 0.15) is 5.69 Å². The molecule has 2 rings (SSSR count). The van der Waals surface area contributed by atoms with Crippen molar-refractivity contribution in [1.82, 2.24) is 9.29 Å². The Morgan fingerprint density at radius 3 is 2.41 bits per heavy atom. The number of hydrogen-bond donors (Lipinski definition) is 0. The Kier molecular flexibility index (Phi) is 4.82. The minimum atomic E-state index is -4.26. The largest absolute Gasteiger partial charge is 0.261 e. The van der Waals surface area contributed by atoms with E-state index in [2.05, 4.69) is 4.98 Å². The van der Waals surface area contributed by atoms with E-state index >= 15 is 0 Å². The third-order valence-electron chi connectivity index (χ3n) is 3.07. The van der Waals surface area contributed by atoms with Crippen LogP contribution in [-0.4, -0.2) is 31.3 Å². The monoisotopic (exact) mass is 330 g/mol. The number of likely N-dealkylation sites (N-methyl/N-ethyl adjacent to an activating group) is 1. The molecule has 0 spiro atoms. The van der Waals surface area contributed by atoms with Crippen LogP contribution in [0.15, 0.2) is 41.4 Å². The average Bonchev–Trinajstić information content (AvgIpc) is 2.49. The molecule has 1 heterocycles. The number of sulfonamides is 1. The van der Waals surface area contributed by atoms with Crippen LogP contribution in [0.2, 0.25) is 0 Å². The first kappa shape index (κ1) is 16.4. The summed E-state index contributed by atoms with van der Waals surface area (Å²) >= 11 is 0. The molecule has 1 aromatic heterocycles. The van der Waals surface area contributed by atoms with Crippen LogP contribution in [0.4, 0.5) is 13.2 Å². The van der Waals surface area contributed by atoms with Crippen LogP contribution in [0.5, 0.6) is 0 Å². The van der Waals surface area contributed by atoms with Gasteiger partial charge in [0.2, 0.25) is 10.0 Å². The summed E-state index contributed by atoms with van der Waals surface area (Å²) in [5.74, 6) is -4.19. The van der Waals surface area contributed by atoms with Crippen LogP contribution in [-0.2, 0) is 16.4 Å². The van der Waals surface area contributed by atoms with E-state index in [1.54, 1.807) is 24.4 Å². The highest BCUT2D eigenvalue weighted by Gasteiger charge is 2.26. The molecule has 0 saturated carbocycles. The summed E-state index contributed by atoms with van der Waals surface area (Å²) in [5, 5.41) is 0. The number of rotatable bonds is 5. The van der Waals surface area contributed by atoms with Crippen LogP contribution in [0, 0.1) is 17.5 Å². The first-order valence-corrected chi connectivity index (χ1v) is 7.77. The summed E-state index contributed by atoms with van der Waals surface area (Å²) in [6.45, 7) is 0.0256. The maximum absolute atomic E-state index is 13.6. The van der Waals surface area contributed by atoms with Gasteiger partial charge in [-0.1, -0.05) is 6.07 Å². The van der Waals surface area contributed by atoms with Crippen molar-refractivity contribution in [2.75, 3.05) is 13.6 Å². The van der Waals surface area contributed by atoms with Crippen molar-refractivity contribution in [3.63, 3.8) is 0 Å². The second-order valence-electron chi connectivity index (χ2n) is 4.59. The van der Waals surface area contributed by atoms with Crippen molar-refractivity contribution in [1.29, 1.82) is 0 Å². The van der Waals surface area contributed by atoms with Crippen molar-refractivity contribution < 1.29 is 21.6 Å². The lowest BCUT2D eigenvalue weighted by Gasteiger charge is -2.17. The van der Waals surface area contributed by atoms with Gasteiger partial charge >= 0.3 is 0 Å². The summed E-state index contributed by atoms with van der Waals surface area (Å²) in [4.78, 5) is 3.15.